The van der Waals surface area contributed by atoms with Crippen molar-refractivity contribution in [3.8, 4) is 0 Å². The number of H-pyrrole nitrogens is 1. The van der Waals surface area contributed by atoms with E-state index in [0.717, 1.165) is 5.69 Å². The lowest BCUT2D eigenvalue weighted by atomic mass is 9.99. The van der Waals surface area contributed by atoms with Crippen molar-refractivity contribution >= 4 is 17.7 Å². The van der Waals surface area contributed by atoms with E-state index in [0.29, 0.717) is 0 Å². The Labute approximate surface area is 107 Å². The Morgan fingerprint density at radius 3 is 2.56 bits per heavy atom. The minimum Gasteiger partial charge on any atom is -0.345 e. The summed E-state index contributed by atoms with van der Waals surface area (Å²) in [6, 6.07) is 6.38. The number of aromatic nitrogens is 2. The first kappa shape index (κ1) is 12.4. The second kappa shape index (κ2) is 5.50. The fourth-order valence-electron chi connectivity index (χ4n) is 2.25. The summed E-state index contributed by atoms with van der Waals surface area (Å²) in [6.07, 6.45) is 9.99. The van der Waals surface area contributed by atoms with Crippen LogP contribution >= 0.6 is 0 Å². The molecule has 0 radical (unpaired) electrons. The van der Waals surface area contributed by atoms with E-state index < -0.39 is 0 Å². The van der Waals surface area contributed by atoms with Crippen molar-refractivity contribution in [2.24, 2.45) is 0 Å². The van der Waals surface area contributed by atoms with Gasteiger partial charge in [-0.2, -0.15) is 0 Å². The standard InChI is InChI=1S/C16H18N2/c1-4-12-8-7-9-15(13(12)5-2)14(6-3)16-10-17-11-18-16/h4-11H,1-3H3,(H,17,18)/b12-4-,13-5+,14-6-. The Balaban J connectivity index is 2.73. The molecule has 1 aromatic heterocycles. The number of nitrogens with one attached hydrogen (secondary N) is 1. The zero-order valence-corrected chi connectivity index (χ0v) is 11.1. The molecule has 1 heterocycles. The molecule has 0 fully saturated rings. The molecule has 0 unspecified atom stereocenters. The molecule has 1 aromatic carbocycles. The smallest absolute Gasteiger partial charge is 0.0924 e. The van der Waals surface area contributed by atoms with E-state index in [1.54, 1.807) is 6.33 Å². The van der Waals surface area contributed by atoms with Crippen molar-refractivity contribution in [2.75, 3.05) is 0 Å². The Bertz CT molecular complexity index is 662. The molecule has 0 aliphatic heterocycles. The van der Waals surface area contributed by atoms with E-state index in [2.05, 4.69) is 67.2 Å². The van der Waals surface area contributed by atoms with E-state index in [1.165, 1.54) is 21.6 Å². The molecule has 0 atom stereocenters. The number of allylic oxidation sites excluding steroid dienone is 1. The van der Waals surface area contributed by atoms with Crippen molar-refractivity contribution in [3.63, 3.8) is 0 Å². The molecule has 2 aromatic rings. The third-order valence-electron chi connectivity index (χ3n) is 3.11. The van der Waals surface area contributed by atoms with Crippen molar-refractivity contribution < 1.29 is 0 Å². The molecule has 0 saturated carbocycles. The van der Waals surface area contributed by atoms with Crippen LogP contribution in [0.4, 0.5) is 0 Å². The number of rotatable bonds is 2. The lowest BCUT2D eigenvalue weighted by molar-refractivity contribution is 1.29. The van der Waals surface area contributed by atoms with E-state index >= 15 is 0 Å². The molecule has 2 nitrogen and oxygen atoms in total. The number of imidazole rings is 1. The van der Waals surface area contributed by atoms with Crippen LogP contribution in [-0.2, 0) is 0 Å². The second-order valence-electron chi connectivity index (χ2n) is 4.05. The summed E-state index contributed by atoms with van der Waals surface area (Å²) in [6.45, 7) is 6.20. The highest BCUT2D eigenvalue weighted by Crippen LogP contribution is 2.17. The molecule has 0 saturated heterocycles. The molecule has 1 N–H and O–H groups in total. The maximum atomic E-state index is 4.10. The van der Waals surface area contributed by atoms with Gasteiger partial charge in [0.25, 0.3) is 0 Å². The third-order valence-corrected chi connectivity index (χ3v) is 3.11. The largest absolute Gasteiger partial charge is 0.345 e. The van der Waals surface area contributed by atoms with Crippen LogP contribution in [0.3, 0.4) is 0 Å². The van der Waals surface area contributed by atoms with E-state index in [1.807, 2.05) is 6.20 Å². The van der Waals surface area contributed by atoms with Gasteiger partial charge in [0.15, 0.2) is 0 Å². The van der Waals surface area contributed by atoms with Gasteiger partial charge in [0.1, 0.15) is 0 Å². The highest BCUT2D eigenvalue weighted by atomic mass is 14.9. The van der Waals surface area contributed by atoms with Gasteiger partial charge in [0.2, 0.25) is 0 Å². The zero-order valence-electron chi connectivity index (χ0n) is 11.1. The first-order valence-electron chi connectivity index (χ1n) is 6.19. The predicted molar refractivity (Wildman–Crippen MR) is 77.3 cm³/mol. The summed E-state index contributed by atoms with van der Waals surface area (Å²) >= 11 is 0. The highest BCUT2D eigenvalue weighted by molar-refractivity contribution is 5.78. The van der Waals surface area contributed by atoms with Crippen LogP contribution in [0.25, 0.3) is 17.7 Å². The fourth-order valence-corrected chi connectivity index (χ4v) is 2.25. The van der Waals surface area contributed by atoms with Crippen LogP contribution in [0, 0.1) is 0 Å². The van der Waals surface area contributed by atoms with Gasteiger partial charge in [0, 0.05) is 5.57 Å². The van der Waals surface area contributed by atoms with Crippen molar-refractivity contribution in [1.29, 1.82) is 0 Å². The number of benzene rings is 1. The molecular formula is C16H18N2. The van der Waals surface area contributed by atoms with Gasteiger partial charge in [-0.05, 0) is 36.8 Å². The molecule has 2 rings (SSSR count). The van der Waals surface area contributed by atoms with Crippen LogP contribution in [0.5, 0.6) is 0 Å². The van der Waals surface area contributed by atoms with Gasteiger partial charge in [-0.1, -0.05) is 36.4 Å². The maximum Gasteiger partial charge on any atom is 0.0924 e. The Morgan fingerprint density at radius 2 is 2.00 bits per heavy atom. The summed E-state index contributed by atoms with van der Waals surface area (Å²) in [5.41, 5.74) is 3.47. The topological polar surface area (TPSA) is 28.7 Å². The molecule has 0 amide bonds. The van der Waals surface area contributed by atoms with Crippen LogP contribution < -0.4 is 10.4 Å². The quantitative estimate of drug-likeness (QED) is 0.855. The molecule has 0 aliphatic carbocycles. The normalized spacial score (nSPS) is 14.3. The maximum absolute atomic E-state index is 4.10. The number of hydrogen-bond acceptors (Lipinski definition) is 1. The molecule has 92 valence electrons. The van der Waals surface area contributed by atoms with Crippen LogP contribution in [0.1, 0.15) is 32.0 Å². The van der Waals surface area contributed by atoms with Gasteiger partial charge in [-0.15, -0.1) is 0 Å². The SMILES string of the molecule is C/C=C(\c1cnc[nH]1)c1cccc(=C/C)/c1=C\C. The first-order valence-corrected chi connectivity index (χ1v) is 6.19. The summed E-state index contributed by atoms with van der Waals surface area (Å²) < 4.78 is 0. The monoisotopic (exact) mass is 238 g/mol. The number of aromatic amines is 1. The summed E-state index contributed by atoms with van der Waals surface area (Å²) in [5.74, 6) is 0. The lowest BCUT2D eigenvalue weighted by Crippen LogP contribution is -2.27. The highest BCUT2D eigenvalue weighted by Gasteiger charge is 2.06. The Kier molecular flexibility index (Phi) is 3.78. The summed E-state index contributed by atoms with van der Waals surface area (Å²) in [5, 5.41) is 2.52. The van der Waals surface area contributed by atoms with E-state index in [4.69, 9.17) is 0 Å². The van der Waals surface area contributed by atoms with Crippen LogP contribution in [-0.4, -0.2) is 9.97 Å². The second-order valence-corrected chi connectivity index (χ2v) is 4.05. The van der Waals surface area contributed by atoms with Gasteiger partial charge in [-0.3, -0.25) is 0 Å². The summed E-state index contributed by atoms with van der Waals surface area (Å²) in [7, 11) is 0. The van der Waals surface area contributed by atoms with Crippen LogP contribution in [0.15, 0.2) is 36.8 Å². The third kappa shape index (κ3) is 2.14. The molecular weight excluding hydrogens is 220 g/mol. The summed E-state index contributed by atoms with van der Waals surface area (Å²) in [4.78, 5) is 7.27. The van der Waals surface area contributed by atoms with Gasteiger partial charge in [0.05, 0.1) is 18.2 Å². The fraction of sp³-hybridized carbons (Fsp3) is 0.188. The molecule has 0 aliphatic rings. The zero-order chi connectivity index (χ0) is 13.0. The van der Waals surface area contributed by atoms with Crippen molar-refractivity contribution in [2.45, 2.75) is 20.8 Å². The minimum absolute atomic E-state index is 1.05. The van der Waals surface area contributed by atoms with E-state index in [9.17, 15) is 0 Å². The molecule has 0 spiro atoms. The average molecular weight is 238 g/mol. The van der Waals surface area contributed by atoms with Crippen LogP contribution in [0.2, 0.25) is 0 Å². The molecule has 18 heavy (non-hydrogen) atoms. The average Bonchev–Trinajstić information content (AvgIpc) is 2.93. The first-order chi connectivity index (χ1) is 8.81. The Morgan fingerprint density at radius 1 is 1.17 bits per heavy atom. The van der Waals surface area contributed by atoms with Gasteiger partial charge < -0.3 is 4.98 Å². The molecule has 0 bridgehead atoms. The van der Waals surface area contributed by atoms with Crippen molar-refractivity contribution in [3.05, 3.63) is 58.5 Å². The molecule has 2 heteroatoms. The lowest BCUT2D eigenvalue weighted by Gasteiger charge is -2.07. The van der Waals surface area contributed by atoms with Crippen molar-refractivity contribution in [1.82, 2.24) is 9.97 Å². The van der Waals surface area contributed by atoms with Gasteiger partial charge >= 0.3 is 0 Å². The predicted octanol–water partition coefficient (Wildman–Crippen LogP) is 2.46. The number of hydrogen-bond donors (Lipinski definition) is 1. The van der Waals surface area contributed by atoms with Gasteiger partial charge in [-0.25, -0.2) is 4.98 Å². The number of nitrogens with zero attached hydrogens (tertiary/aromatic N) is 1. The minimum atomic E-state index is 1.05. The Hall–Kier alpha value is -2.09. The van der Waals surface area contributed by atoms with E-state index in [-0.39, 0.29) is 0 Å².